The monoisotopic (exact) mass is 246 g/mol. The van der Waals surface area contributed by atoms with Crippen LogP contribution in [0.25, 0.3) is 0 Å². The second kappa shape index (κ2) is 6.47. The first-order valence-corrected chi connectivity index (χ1v) is 7.20. The first kappa shape index (κ1) is 13.8. The summed E-state index contributed by atoms with van der Waals surface area (Å²) in [6, 6.07) is -0.407. The van der Waals surface area contributed by atoms with E-state index in [-0.39, 0.29) is 17.9 Å². The second-order valence-electron chi connectivity index (χ2n) is 4.37. The number of aliphatic hydroxyl groups excluding tert-OH is 1. The van der Waals surface area contributed by atoms with E-state index in [0.717, 1.165) is 12.2 Å². The van der Waals surface area contributed by atoms with Gasteiger partial charge in [0, 0.05) is 19.0 Å². The van der Waals surface area contributed by atoms with Crippen molar-refractivity contribution in [3.63, 3.8) is 0 Å². The average molecular weight is 246 g/mol. The van der Waals surface area contributed by atoms with Gasteiger partial charge in [-0.05, 0) is 24.9 Å². The predicted molar refractivity (Wildman–Crippen MR) is 67.3 cm³/mol. The fourth-order valence-corrected chi connectivity index (χ4v) is 2.53. The summed E-state index contributed by atoms with van der Waals surface area (Å²) in [5, 5.41) is 9.73. The number of nitrogens with zero attached hydrogens (tertiary/aromatic N) is 1. The van der Waals surface area contributed by atoms with Crippen molar-refractivity contribution in [2.45, 2.75) is 31.9 Å². The molecular weight excluding hydrogens is 224 g/mol. The second-order valence-corrected chi connectivity index (χ2v) is 5.35. The highest BCUT2D eigenvalue weighted by atomic mass is 32.2. The molecule has 3 N–H and O–H groups in total. The minimum Gasteiger partial charge on any atom is -0.391 e. The summed E-state index contributed by atoms with van der Waals surface area (Å²) in [4.78, 5) is 13.7. The van der Waals surface area contributed by atoms with Gasteiger partial charge in [-0.2, -0.15) is 11.8 Å². The Morgan fingerprint density at radius 2 is 2.31 bits per heavy atom. The molecule has 1 heterocycles. The highest BCUT2D eigenvalue weighted by Crippen LogP contribution is 2.20. The molecule has 1 amide bonds. The molecule has 1 rings (SSSR count). The number of nitrogens with two attached hydrogens (primary N) is 1. The average Bonchev–Trinajstić information content (AvgIpc) is 2.66. The Morgan fingerprint density at radius 1 is 1.62 bits per heavy atom. The molecule has 0 saturated carbocycles. The Bertz CT molecular complexity index is 238. The number of rotatable bonds is 5. The van der Waals surface area contributed by atoms with Gasteiger partial charge in [0.2, 0.25) is 5.91 Å². The highest BCUT2D eigenvalue weighted by Gasteiger charge is 2.34. The lowest BCUT2D eigenvalue weighted by Crippen LogP contribution is -2.43. The summed E-state index contributed by atoms with van der Waals surface area (Å²) in [7, 11) is 0. The van der Waals surface area contributed by atoms with Gasteiger partial charge in [-0.25, -0.2) is 0 Å². The summed E-state index contributed by atoms with van der Waals surface area (Å²) >= 11 is 1.70. The maximum absolute atomic E-state index is 11.9. The third kappa shape index (κ3) is 3.37. The molecule has 0 aromatic heterocycles. The molecular formula is C11H22N2O2S. The molecule has 0 bridgehead atoms. The number of thioether (sulfide) groups is 1. The molecule has 1 aliphatic rings. The molecule has 0 aromatic carbocycles. The third-order valence-electron chi connectivity index (χ3n) is 3.19. The van der Waals surface area contributed by atoms with E-state index < -0.39 is 6.04 Å². The number of hydrogen-bond donors (Lipinski definition) is 2. The standard InChI is InChI=1S/C11H22N2O2S/c1-3-8-6-13(7-10(8)14)11(15)9(12)4-5-16-2/h8-10,14H,3-7,12H2,1-2H3. The van der Waals surface area contributed by atoms with Crippen molar-refractivity contribution < 1.29 is 9.90 Å². The smallest absolute Gasteiger partial charge is 0.239 e. The van der Waals surface area contributed by atoms with E-state index in [4.69, 9.17) is 5.73 Å². The van der Waals surface area contributed by atoms with E-state index in [2.05, 4.69) is 0 Å². The Morgan fingerprint density at radius 3 is 2.81 bits per heavy atom. The van der Waals surface area contributed by atoms with Gasteiger partial charge in [-0.1, -0.05) is 6.92 Å². The number of β-amino-alcohol motifs (C(OH)–C–C–N with tert-alkyl or cyclic N) is 1. The topological polar surface area (TPSA) is 66.6 Å². The van der Waals surface area contributed by atoms with Crippen molar-refractivity contribution in [3.05, 3.63) is 0 Å². The van der Waals surface area contributed by atoms with Crippen LogP contribution in [0.4, 0.5) is 0 Å². The molecule has 4 nitrogen and oxygen atoms in total. The maximum Gasteiger partial charge on any atom is 0.239 e. The van der Waals surface area contributed by atoms with E-state index in [0.29, 0.717) is 19.5 Å². The quantitative estimate of drug-likeness (QED) is 0.732. The van der Waals surface area contributed by atoms with Crippen LogP contribution in [0.2, 0.25) is 0 Å². The number of amides is 1. The molecule has 16 heavy (non-hydrogen) atoms. The molecule has 3 unspecified atom stereocenters. The molecule has 5 heteroatoms. The van der Waals surface area contributed by atoms with Crippen molar-refractivity contribution in [1.29, 1.82) is 0 Å². The predicted octanol–water partition coefficient (Wildman–Crippen LogP) is 0.296. The van der Waals surface area contributed by atoms with Gasteiger partial charge in [-0.3, -0.25) is 4.79 Å². The van der Waals surface area contributed by atoms with Crippen LogP contribution in [0, 0.1) is 5.92 Å². The van der Waals surface area contributed by atoms with Crippen LogP contribution in [0.1, 0.15) is 19.8 Å². The van der Waals surface area contributed by atoms with E-state index in [1.54, 1.807) is 16.7 Å². The van der Waals surface area contributed by atoms with E-state index >= 15 is 0 Å². The number of hydrogen-bond acceptors (Lipinski definition) is 4. The van der Waals surface area contributed by atoms with E-state index in [1.165, 1.54) is 0 Å². The first-order valence-electron chi connectivity index (χ1n) is 5.81. The fourth-order valence-electron chi connectivity index (χ4n) is 2.04. The SMILES string of the molecule is CCC1CN(C(=O)C(N)CCSC)CC1O. The molecule has 94 valence electrons. The van der Waals surface area contributed by atoms with E-state index in [9.17, 15) is 9.90 Å². The molecule has 3 atom stereocenters. The Hall–Kier alpha value is -0.260. The summed E-state index contributed by atoms with van der Waals surface area (Å²) in [6.07, 6.45) is 3.25. The summed E-state index contributed by atoms with van der Waals surface area (Å²) < 4.78 is 0. The minimum absolute atomic E-state index is 0.0101. The molecule has 0 radical (unpaired) electrons. The molecule has 0 spiro atoms. The van der Waals surface area contributed by atoms with Crippen LogP contribution in [0.5, 0.6) is 0 Å². The Kier molecular flexibility index (Phi) is 5.58. The summed E-state index contributed by atoms with van der Waals surface area (Å²) in [5.74, 6) is 1.11. The van der Waals surface area contributed by atoms with Gasteiger partial charge in [-0.15, -0.1) is 0 Å². The van der Waals surface area contributed by atoms with Gasteiger partial charge in [0.1, 0.15) is 0 Å². The molecule has 0 aliphatic carbocycles. The van der Waals surface area contributed by atoms with Gasteiger partial charge in [0.15, 0.2) is 0 Å². The van der Waals surface area contributed by atoms with Gasteiger partial charge < -0.3 is 15.7 Å². The lowest BCUT2D eigenvalue weighted by molar-refractivity contribution is -0.132. The van der Waals surface area contributed by atoms with Crippen molar-refractivity contribution in [3.8, 4) is 0 Å². The van der Waals surface area contributed by atoms with Gasteiger partial charge in [0.25, 0.3) is 0 Å². The maximum atomic E-state index is 11.9. The Labute approximate surface area is 102 Å². The van der Waals surface area contributed by atoms with E-state index in [1.807, 2.05) is 13.2 Å². The van der Waals surface area contributed by atoms with Crippen LogP contribution < -0.4 is 5.73 Å². The van der Waals surface area contributed by atoms with Crippen LogP contribution in [-0.4, -0.2) is 53.2 Å². The zero-order valence-corrected chi connectivity index (χ0v) is 10.9. The zero-order chi connectivity index (χ0) is 12.1. The number of carbonyl (C=O) groups is 1. The lowest BCUT2D eigenvalue weighted by atomic mass is 10.0. The highest BCUT2D eigenvalue weighted by molar-refractivity contribution is 7.98. The van der Waals surface area contributed by atoms with Crippen molar-refractivity contribution in [2.75, 3.05) is 25.1 Å². The van der Waals surface area contributed by atoms with Crippen LogP contribution in [0.15, 0.2) is 0 Å². The molecule has 1 aliphatic heterocycles. The van der Waals surface area contributed by atoms with Crippen molar-refractivity contribution >= 4 is 17.7 Å². The van der Waals surface area contributed by atoms with Crippen LogP contribution >= 0.6 is 11.8 Å². The fraction of sp³-hybridized carbons (Fsp3) is 0.909. The largest absolute Gasteiger partial charge is 0.391 e. The number of likely N-dealkylation sites (tertiary alicyclic amines) is 1. The lowest BCUT2D eigenvalue weighted by Gasteiger charge is -2.20. The Balaban J connectivity index is 2.43. The van der Waals surface area contributed by atoms with Crippen LogP contribution in [0.3, 0.4) is 0 Å². The van der Waals surface area contributed by atoms with Crippen LogP contribution in [-0.2, 0) is 4.79 Å². The first-order chi connectivity index (χ1) is 7.60. The minimum atomic E-state index is -0.407. The van der Waals surface area contributed by atoms with Gasteiger partial charge in [0.05, 0.1) is 12.1 Å². The normalized spacial score (nSPS) is 27.1. The molecule has 1 saturated heterocycles. The number of aliphatic hydroxyl groups is 1. The molecule has 1 fully saturated rings. The van der Waals surface area contributed by atoms with Crippen molar-refractivity contribution in [2.24, 2.45) is 11.7 Å². The number of carbonyl (C=O) groups excluding carboxylic acids is 1. The third-order valence-corrected chi connectivity index (χ3v) is 3.84. The zero-order valence-electron chi connectivity index (χ0n) is 10.1. The molecule has 0 aromatic rings. The van der Waals surface area contributed by atoms with Gasteiger partial charge >= 0.3 is 0 Å². The van der Waals surface area contributed by atoms with Crippen molar-refractivity contribution in [1.82, 2.24) is 4.90 Å². The summed E-state index contributed by atoms with van der Waals surface area (Å²) in [6.45, 7) is 3.14. The summed E-state index contributed by atoms with van der Waals surface area (Å²) in [5.41, 5.74) is 5.83.